The van der Waals surface area contributed by atoms with Gasteiger partial charge in [0.15, 0.2) is 0 Å². The predicted molar refractivity (Wildman–Crippen MR) is 74.1 cm³/mol. The molecule has 0 radical (unpaired) electrons. The van der Waals surface area contributed by atoms with Gasteiger partial charge >= 0.3 is 0 Å². The molecule has 2 nitrogen and oxygen atoms in total. The van der Waals surface area contributed by atoms with Gasteiger partial charge in [0.1, 0.15) is 18.0 Å². The van der Waals surface area contributed by atoms with Gasteiger partial charge in [0.25, 0.3) is 0 Å². The Morgan fingerprint density at radius 2 is 2.00 bits per heavy atom. The minimum absolute atomic E-state index is 0.0974. The van der Waals surface area contributed by atoms with Crippen molar-refractivity contribution in [3.8, 4) is 5.75 Å². The van der Waals surface area contributed by atoms with Crippen LogP contribution in [0.5, 0.6) is 5.75 Å². The summed E-state index contributed by atoms with van der Waals surface area (Å²) in [5, 5.41) is 0. The van der Waals surface area contributed by atoms with Gasteiger partial charge in [0.2, 0.25) is 0 Å². The summed E-state index contributed by atoms with van der Waals surface area (Å²) in [4.78, 5) is 0. The highest BCUT2D eigenvalue weighted by atomic mass is 79.9. The number of epoxide rings is 1. The Hall–Kier alpha value is 0.420. The van der Waals surface area contributed by atoms with Crippen LogP contribution in [-0.4, -0.2) is 18.8 Å². The van der Waals surface area contributed by atoms with Crippen LogP contribution < -0.4 is 4.74 Å². The highest BCUT2D eigenvalue weighted by molar-refractivity contribution is 9.11. The van der Waals surface area contributed by atoms with E-state index in [1.54, 1.807) is 0 Å². The number of hydrogen-bond acceptors (Lipinski definition) is 2. The molecule has 1 aromatic rings. The van der Waals surface area contributed by atoms with Gasteiger partial charge in [-0.25, -0.2) is 0 Å². The zero-order valence-electron chi connectivity index (χ0n) is 8.94. The first kappa shape index (κ1) is 12.9. The SMILES string of the molecule is Cc1c(Br)cc(Br)c(OCC2(C)CO2)c1Br. The number of hydrogen-bond donors (Lipinski definition) is 0. The van der Waals surface area contributed by atoms with Gasteiger partial charge in [-0.1, -0.05) is 15.9 Å². The standard InChI is InChI=1S/C11H11Br3O2/c1-6-7(12)3-8(13)10(9(6)14)15-4-11(2)5-16-11/h3H,4-5H2,1-2H3. The molecule has 1 aromatic carbocycles. The van der Waals surface area contributed by atoms with Crippen LogP contribution in [0.25, 0.3) is 0 Å². The second kappa shape index (κ2) is 4.59. The van der Waals surface area contributed by atoms with Crippen molar-refractivity contribution in [2.75, 3.05) is 13.2 Å². The lowest BCUT2D eigenvalue weighted by Crippen LogP contribution is -2.17. The molecule has 0 N–H and O–H groups in total. The number of rotatable bonds is 3. The largest absolute Gasteiger partial charge is 0.488 e. The zero-order chi connectivity index (χ0) is 11.9. The molecule has 0 bridgehead atoms. The molecule has 1 unspecified atom stereocenters. The lowest BCUT2D eigenvalue weighted by Gasteiger charge is -2.14. The third kappa shape index (κ3) is 2.63. The molecular weight excluding hydrogens is 404 g/mol. The van der Waals surface area contributed by atoms with Crippen LogP contribution in [0.15, 0.2) is 19.5 Å². The molecule has 0 saturated carbocycles. The summed E-state index contributed by atoms with van der Waals surface area (Å²) in [7, 11) is 0. The van der Waals surface area contributed by atoms with Gasteiger partial charge in [-0.2, -0.15) is 0 Å². The molecule has 2 rings (SSSR count). The molecular formula is C11H11Br3O2. The van der Waals surface area contributed by atoms with Crippen LogP contribution in [0.2, 0.25) is 0 Å². The fraction of sp³-hybridized carbons (Fsp3) is 0.455. The van der Waals surface area contributed by atoms with Crippen molar-refractivity contribution in [3.05, 3.63) is 25.0 Å². The molecule has 1 aliphatic rings. The number of halogens is 3. The van der Waals surface area contributed by atoms with Crippen LogP contribution in [0.3, 0.4) is 0 Å². The highest BCUT2D eigenvalue weighted by Crippen LogP contribution is 2.40. The third-order valence-electron chi connectivity index (χ3n) is 2.52. The van der Waals surface area contributed by atoms with E-state index >= 15 is 0 Å². The summed E-state index contributed by atoms with van der Waals surface area (Å²) >= 11 is 10.5. The maximum absolute atomic E-state index is 5.79. The molecule has 88 valence electrons. The van der Waals surface area contributed by atoms with Gasteiger partial charge in [-0.05, 0) is 57.3 Å². The maximum Gasteiger partial charge on any atom is 0.148 e. The Morgan fingerprint density at radius 1 is 1.38 bits per heavy atom. The van der Waals surface area contributed by atoms with Gasteiger partial charge in [0.05, 0.1) is 15.6 Å². The molecule has 5 heteroatoms. The van der Waals surface area contributed by atoms with Crippen molar-refractivity contribution >= 4 is 47.8 Å². The number of ether oxygens (including phenoxy) is 2. The molecule has 1 atom stereocenters. The number of benzene rings is 1. The van der Waals surface area contributed by atoms with E-state index in [0.717, 1.165) is 31.3 Å². The van der Waals surface area contributed by atoms with Crippen molar-refractivity contribution in [2.24, 2.45) is 0 Å². The van der Waals surface area contributed by atoms with E-state index in [-0.39, 0.29) is 5.60 Å². The lowest BCUT2D eigenvalue weighted by molar-refractivity contribution is 0.200. The smallest absolute Gasteiger partial charge is 0.148 e. The average Bonchev–Trinajstić information content (AvgIpc) is 2.93. The summed E-state index contributed by atoms with van der Waals surface area (Å²) in [6.07, 6.45) is 0. The molecule has 0 spiro atoms. The van der Waals surface area contributed by atoms with Gasteiger partial charge in [-0.3, -0.25) is 0 Å². The summed E-state index contributed by atoms with van der Waals surface area (Å²) in [6.45, 7) is 5.42. The first-order valence-electron chi connectivity index (χ1n) is 4.84. The molecule has 1 saturated heterocycles. The predicted octanol–water partition coefficient (Wildman–Crippen LogP) is 4.45. The molecule has 0 aliphatic carbocycles. The lowest BCUT2D eigenvalue weighted by atomic mass is 10.2. The van der Waals surface area contributed by atoms with E-state index < -0.39 is 0 Å². The van der Waals surface area contributed by atoms with E-state index in [4.69, 9.17) is 9.47 Å². The van der Waals surface area contributed by atoms with Crippen LogP contribution in [0.1, 0.15) is 12.5 Å². The molecule has 1 fully saturated rings. The van der Waals surface area contributed by atoms with Crippen LogP contribution in [0, 0.1) is 6.92 Å². The van der Waals surface area contributed by atoms with E-state index in [1.807, 2.05) is 19.9 Å². The fourth-order valence-corrected chi connectivity index (χ4v) is 3.58. The topological polar surface area (TPSA) is 21.8 Å². The Labute approximate surface area is 120 Å². The summed E-state index contributed by atoms with van der Waals surface area (Å²) in [5.74, 6) is 0.831. The third-order valence-corrected chi connectivity index (χ3v) is 4.88. The second-order valence-electron chi connectivity index (χ2n) is 4.14. The Balaban J connectivity index is 2.22. The summed E-state index contributed by atoms with van der Waals surface area (Å²) in [6, 6.07) is 1.99. The minimum Gasteiger partial charge on any atom is -0.488 e. The Morgan fingerprint density at radius 3 is 2.56 bits per heavy atom. The van der Waals surface area contributed by atoms with E-state index in [0.29, 0.717) is 6.61 Å². The molecule has 0 aromatic heterocycles. The molecule has 16 heavy (non-hydrogen) atoms. The first-order valence-corrected chi connectivity index (χ1v) is 7.22. The van der Waals surface area contributed by atoms with E-state index in [2.05, 4.69) is 47.8 Å². The quantitative estimate of drug-likeness (QED) is 0.681. The van der Waals surface area contributed by atoms with Gasteiger partial charge in [0, 0.05) is 4.47 Å². The average molecular weight is 415 g/mol. The normalized spacial score (nSPS) is 23.3. The van der Waals surface area contributed by atoms with Crippen LogP contribution >= 0.6 is 47.8 Å². The minimum atomic E-state index is -0.0974. The van der Waals surface area contributed by atoms with Crippen molar-refractivity contribution in [2.45, 2.75) is 19.4 Å². The maximum atomic E-state index is 5.79. The second-order valence-corrected chi connectivity index (χ2v) is 6.64. The first-order chi connectivity index (χ1) is 7.43. The van der Waals surface area contributed by atoms with E-state index in [9.17, 15) is 0 Å². The monoisotopic (exact) mass is 412 g/mol. The van der Waals surface area contributed by atoms with Crippen molar-refractivity contribution < 1.29 is 9.47 Å². The van der Waals surface area contributed by atoms with Crippen molar-refractivity contribution in [3.63, 3.8) is 0 Å². The molecule has 1 aliphatic heterocycles. The van der Waals surface area contributed by atoms with Crippen LogP contribution in [0.4, 0.5) is 0 Å². The van der Waals surface area contributed by atoms with Crippen molar-refractivity contribution in [1.29, 1.82) is 0 Å². The summed E-state index contributed by atoms with van der Waals surface area (Å²) in [5.41, 5.74) is 1.03. The van der Waals surface area contributed by atoms with Gasteiger partial charge < -0.3 is 9.47 Å². The van der Waals surface area contributed by atoms with Gasteiger partial charge in [-0.15, -0.1) is 0 Å². The fourth-order valence-electron chi connectivity index (χ4n) is 1.23. The zero-order valence-corrected chi connectivity index (χ0v) is 13.7. The summed E-state index contributed by atoms with van der Waals surface area (Å²) < 4.78 is 14.0. The molecule has 0 amide bonds. The Kier molecular flexibility index (Phi) is 3.69. The van der Waals surface area contributed by atoms with Crippen molar-refractivity contribution in [1.82, 2.24) is 0 Å². The Bertz CT molecular complexity index is 428. The van der Waals surface area contributed by atoms with E-state index in [1.165, 1.54) is 0 Å². The highest BCUT2D eigenvalue weighted by Gasteiger charge is 2.40. The van der Waals surface area contributed by atoms with Crippen LogP contribution in [-0.2, 0) is 4.74 Å². The molecule has 1 heterocycles.